The largest absolute Gasteiger partial charge is 0.465 e. The van der Waals surface area contributed by atoms with E-state index in [1.165, 1.54) is 64.2 Å². The summed E-state index contributed by atoms with van der Waals surface area (Å²) in [5.41, 5.74) is 0. The summed E-state index contributed by atoms with van der Waals surface area (Å²) < 4.78 is 5.24. The van der Waals surface area contributed by atoms with Crippen LogP contribution in [0.5, 0.6) is 0 Å². The van der Waals surface area contributed by atoms with Gasteiger partial charge in [-0.15, -0.1) is 0 Å². The molecule has 0 heterocycles. The summed E-state index contributed by atoms with van der Waals surface area (Å²) in [5.74, 6) is 0.106. The molecule has 0 spiro atoms. The van der Waals surface area contributed by atoms with E-state index < -0.39 is 0 Å². The Kier molecular flexibility index (Phi) is 15.6. The van der Waals surface area contributed by atoms with Crippen LogP contribution in [0, 0.1) is 17.2 Å². The van der Waals surface area contributed by atoms with Gasteiger partial charge in [0.2, 0.25) is 0 Å². The Balaban J connectivity index is 3.89. The normalized spacial score (nSPS) is 11.9. The maximum Gasteiger partial charge on any atom is 0.320 e. The highest BCUT2D eigenvalue weighted by molar-refractivity contribution is 5.71. The number of hydrogen-bond acceptors (Lipinski definition) is 3. The fraction of sp³-hybridized carbons (Fsp3) is 0.895. The number of ether oxygens (including phenoxy) is 1. The van der Waals surface area contributed by atoms with E-state index in [4.69, 9.17) is 10.00 Å². The minimum absolute atomic E-state index is 0.125. The first-order valence-corrected chi connectivity index (χ1v) is 9.27. The molecule has 0 aliphatic heterocycles. The molecule has 128 valence electrons. The van der Waals surface area contributed by atoms with Crippen LogP contribution in [0.2, 0.25) is 0 Å². The summed E-state index contributed by atoms with van der Waals surface area (Å²) in [6.07, 6.45) is 15.0. The lowest BCUT2D eigenvalue weighted by atomic mass is 9.95. The molecule has 0 bridgehead atoms. The molecule has 0 rings (SSSR count). The van der Waals surface area contributed by atoms with E-state index in [-0.39, 0.29) is 12.4 Å². The van der Waals surface area contributed by atoms with Crippen LogP contribution in [0.25, 0.3) is 0 Å². The molecule has 0 saturated heterocycles. The lowest BCUT2D eigenvalue weighted by Gasteiger charge is -2.16. The summed E-state index contributed by atoms with van der Waals surface area (Å²) >= 11 is 0. The maximum atomic E-state index is 11.3. The van der Waals surface area contributed by atoms with E-state index in [1.807, 2.05) is 6.07 Å². The number of esters is 1. The van der Waals surface area contributed by atoms with Gasteiger partial charge in [0.15, 0.2) is 0 Å². The second kappa shape index (κ2) is 16.3. The number of unbranched alkanes of at least 4 members (excludes halogenated alkanes) is 8. The van der Waals surface area contributed by atoms with E-state index in [1.54, 1.807) is 0 Å². The van der Waals surface area contributed by atoms with Gasteiger partial charge in [0.25, 0.3) is 0 Å². The molecule has 0 aromatic rings. The number of carbonyl (C=O) groups is 1. The highest BCUT2D eigenvalue weighted by atomic mass is 16.5. The van der Waals surface area contributed by atoms with Gasteiger partial charge < -0.3 is 4.74 Å². The smallest absolute Gasteiger partial charge is 0.320 e. The van der Waals surface area contributed by atoms with Crippen molar-refractivity contribution in [2.45, 2.75) is 97.3 Å². The summed E-state index contributed by atoms with van der Waals surface area (Å²) in [6, 6.07) is 1.85. The molecule has 0 aliphatic carbocycles. The monoisotopic (exact) mass is 309 g/mol. The highest BCUT2D eigenvalue weighted by Gasteiger charge is 2.12. The topological polar surface area (TPSA) is 50.1 Å². The SMILES string of the molecule is CCCCCCCCC(CCCCCC)COC(=O)CC#N. The fourth-order valence-electron chi connectivity index (χ4n) is 2.71. The Labute approximate surface area is 137 Å². The van der Waals surface area contributed by atoms with Crippen LogP contribution in [-0.2, 0) is 9.53 Å². The molecule has 0 radical (unpaired) electrons. The number of hydrogen-bond donors (Lipinski definition) is 0. The Morgan fingerprint density at radius 3 is 1.95 bits per heavy atom. The van der Waals surface area contributed by atoms with Crippen molar-refractivity contribution in [1.82, 2.24) is 0 Å². The van der Waals surface area contributed by atoms with Crippen molar-refractivity contribution < 1.29 is 9.53 Å². The Hall–Kier alpha value is -1.04. The van der Waals surface area contributed by atoms with Crippen LogP contribution in [0.3, 0.4) is 0 Å². The zero-order valence-corrected chi connectivity index (χ0v) is 14.7. The van der Waals surface area contributed by atoms with Crippen molar-refractivity contribution in [3.63, 3.8) is 0 Å². The van der Waals surface area contributed by atoms with Crippen LogP contribution >= 0.6 is 0 Å². The van der Waals surface area contributed by atoms with Gasteiger partial charge in [-0.05, 0) is 18.8 Å². The average molecular weight is 309 g/mol. The Morgan fingerprint density at radius 2 is 1.41 bits per heavy atom. The van der Waals surface area contributed by atoms with Gasteiger partial charge in [-0.1, -0.05) is 78.1 Å². The lowest BCUT2D eigenvalue weighted by molar-refractivity contribution is -0.144. The van der Waals surface area contributed by atoms with Crippen LogP contribution in [0.4, 0.5) is 0 Å². The minimum Gasteiger partial charge on any atom is -0.465 e. The number of rotatable bonds is 15. The van der Waals surface area contributed by atoms with Crippen molar-refractivity contribution in [3.05, 3.63) is 0 Å². The molecule has 22 heavy (non-hydrogen) atoms. The third-order valence-electron chi connectivity index (χ3n) is 4.14. The van der Waals surface area contributed by atoms with Gasteiger partial charge in [-0.3, -0.25) is 4.79 Å². The predicted molar refractivity (Wildman–Crippen MR) is 91.4 cm³/mol. The van der Waals surface area contributed by atoms with E-state index in [2.05, 4.69) is 13.8 Å². The second-order valence-electron chi connectivity index (χ2n) is 6.29. The molecule has 0 aliphatic rings. The van der Waals surface area contributed by atoms with Gasteiger partial charge in [0, 0.05) is 0 Å². The summed E-state index contributed by atoms with van der Waals surface area (Å²) in [4.78, 5) is 11.3. The second-order valence-corrected chi connectivity index (χ2v) is 6.29. The van der Waals surface area contributed by atoms with Crippen LogP contribution in [-0.4, -0.2) is 12.6 Å². The van der Waals surface area contributed by atoms with Gasteiger partial charge in [-0.2, -0.15) is 5.26 Å². The molecule has 3 heteroatoms. The van der Waals surface area contributed by atoms with E-state index in [0.717, 1.165) is 12.8 Å². The first-order chi connectivity index (χ1) is 10.7. The van der Waals surface area contributed by atoms with Crippen LogP contribution in [0.15, 0.2) is 0 Å². The molecule has 0 aromatic carbocycles. The van der Waals surface area contributed by atoms with Crippen molar-refractivity contribution >= 4 is 5.97 Å². The number of nitriles is 1. The minimum atomic E-state index is -0.371. The third kappa shape index (κ3) is 13.9. The Bertz CT molecular complexity index is 296. The van der Waals surface area contributed by atoms with Gasteiger partial charge in [0.05, 0.1) is 12.7 Å². The average Bonchev–Trinajstić information content (AvgIpc) is 2.51. The predicted octanol–water partition coefficient (Wildman–Crippen LogP) is 5.78. The van der Waals surface area contributed by atoms with Crippen LogP contribution in [0.1, 0.15) is 97.3 Å². The first kappa shape index (κ1) is 21.0. The molecule has 0 aromatic heterocycles. The first-order valence-electron chi connectivity index (χ1n) is 9.27. The maximum absolute atomic E-state index is 11.3. The number of nitrogens with zero attached hydrogens (tertiary/aromatic N) is 1. The van der Waals surface area contributed by atoms with E-state index in [0.29, 0.717) is 12.5 Å². The van der Waals surface area contributed by atoms with Crippen LogP contribution < -0.4 is 0 Å². The summed E-state index contributed by atoms with van der Waals surface area (Å²) in [6.45, 7) is 4.96. The zero-order chi connectivity index (χ0) is 16.5. The lowest BCUT2D eigenvalue weighted by Crippen LogP contribution is -2.14. The van der Waals surface area contributed by atoms with E-state index in [9.17, 15) is 4.79 Å². The van der Waals surface area contributed by atoms with Crippen molar-refractivity contribution in [3.8, 4) is 6.07 Å². The Morgan fingerprint density at radius 1 is 0.909 bits per heavy atom. The van der Waals surface area contributed by atoms with Gasteiger partial charge in [-0.25, -0.2) is 0 Å². The molecule has 1 atom stereocenters. The van der Waals surface area contributed by atoms with Gasteiger partial charge >= 0.3 is 5.97 Å². The quantitative estimate of drug-likeness (QED) is 0.284. The molecule has 3 nitrogen and oxygen atoms in total. The van der Waals surface area contributed by atoms with Crippen molar-refractivity contribution in [1.29, 1.82) is 5.26 Å². The molecule has 0 saturated carbocycles. The summed E-state index contributed by atoms with van der Waals surface area (Å²) in [5, 5.41) is 8.50. The molecule has 0 fully saturated rings. The highest BCUT2D eigenvalue weighted by Crippen LogP contribution is 2.19. The van der Waals surface area contributed by atoms with Crippen molar-refractivity contribution in [2.24, 2.45) is 5.92 Å². The molecule has 1 unspecified atom stereocenters. The van der Waals surface area contributed by atoms with E-state index >= 15 is 0 Å². The van der Waals surface area contributed by atoms with Gasteiger partial charge in [0.1, 0.15) is 6.42 Å². The molecular weight excluding hydrogens is 274 g/mol. The molecule has 0 N–H and O–H groups in total. The number of carbonyl (C=O) groups excluding carboxylic acids is 1. The van der Waals surface area contributed by atoms with Crippen molar-refractivity contribution in [2.75, 3.05) is 6.61 Å². The third-order valence-corrected chi connectivity index (χ3v) is 4.14. The fourth-order valence-corrected chi connectivity index (χ4v) is 2.71. The zero-order valence-electron chi connectivity index (χ0n) is 14.7. The molecular formula is C19H35NO2. The summed E-state index contributed by atoms with van der Waals surface area (Å²) in [7, 11) is 0. The standard InChI is InChI=1S/C19H35NO2/c1-3-5-7-9-10-12-14-18(13-11-8-6-4-2)17-22-19(21)15-16-20/h18H,3-15,17H2,1-2H3. The molecule has 0 amide bonds.